The Morgan fingerprint density at radius 1 is 1.11 bits per heavy atom. The topological polar surface area (TPSA) is 113 Å². The number of fused-ring (bicyclic) bond motifs is 1. The van der Waals surface area contributed by atoms with Gasteiger partial charge in [0.1, 0.15) is 5.82 Å². The fourth-order valence-corrected chi connectivity index (χ4v) is 3.89. The molecule has 35 heavy (non-hydrogen) atoms. The van der Waals surface area contributed by atoms with E-state index in [1.165, 1.54) is 12.1 Å². The highest BCUT2D eigenvalue weighted by molar-refractivity contribution is 5.95. The highest BCUT2D eigenvalue weighted by atomic mass is 19.1. The van der Waals surface area contributed by atoms with Gasteiger partial charge in [-0.3, -0.25) is 19.3 Å². The van der Waals surface area contributed by atoms with Gasteiger partial charge in [-0.15, -0.1) is 0 Å². The maximum absolute atomic E-state index is 14.9. The van der Waals surface area contributed by atoms with E-state index in [-0.39, 0.29) is 17.5 Å². The predicted octanol–water partition coefficient (Wildman–Crippen LogP) is 3.82. The Morgan fingerprint density at radius 2 is 1.97 bits per heavy atom. The van der Waals surface area contributed by atoms with Gasteiger partial charge in [0.05, 0.1) is 35.4 Å². The molecule has 6 rings (SSSR count). The first kappa shape index (κ1) is 21.0. The molecule has 1 saturated carbocycles. The Labute approximate surface area is 199 Å². The molecule has 0 aliphatic heterocycles. The molecule has 3 N–H and O–H groups in total. The molecule has 0 spiro atoms. The highest BCUT2D eigenvalue weighted by Crippen LogP contribution is 2.29. The van der Waals surface area contributed by atoms with Crippen LogP contribution in [0.2, 0.25) is 0 Å². The number of imidazole rings is 1. The summed E-state index contributed by atoms with van der Waals surface area (Å²) in [5.41, 5.74) is 4.38. The first-order chi connectivity index (χ1) is 17.2. The molecule has 174 valence electrons. The third kappa shape index (κ3) is 4.21. The van der Waals surface area contributed by atoms with Gasteiger partial charge in [-0.2, -0.15) is 5.10 Å². The number of carbonyl (C=O) groups excluding carboxylic acids is 1. The largest absolute Gasteiger partial charge is 0.361 e. The SMILES string of the molecule is O=C(NC1CC1)c1ccc(-c2cnc3c(NCc4ccn[nH]4)nc(-c4ccncc4)cn23)cc1F. The minimum absolute atomic E-state index is 0.0375. The molecule has 1 amide bonds. The smallest absolute Gasteiger partial charge is 0.254 e. The van der Waals surface area contributed by atoms with E-state index in [1.54, 1.807) is 30.9 Å². The molecular formula is C25H21FN8O. The van der Waals surface area contributed by atoms with Crippen LogP contribution >= 0.6 is 0 Å². The number of aromatic nitrogens is 6. The molecule has 0 saturated heterocycles. The summed E-state index contributed by atoms with van der Waals surface area (Å²) in [6, 6.07) is 10.4. The van der Waals surface area contributed by atoms with Crippen LogP contribution < -0.4 is 10.6 Å². The second kappa shape index (κ2) is 8.64. The Morgan fingerprint density at radius 3 is 2.71 bits per heavy atom. The number of hydrogen-bond donors (Lipinski definition) is 3. The standard InChI is InChI=1S/C25H21FN8O/c26-20-11-16(1-4-19(20)25(35)31-17-2-3-17)22-13-29-24-23(28-12-18-7-10-30-33-18)32-21(14-34(22)24)15-5-8-27-9-6-15/h1,4-11,13-14,17H,2-3,12H2,(H,28,32)(H,30,33)(H,31,35). The Kier molecular flexibility index (Phi) is 5.17. The monoisotopic (exact) mass is 468 g/mol. The number of benzene rings is 1. The van der Waals surface area contributed by atoms with E-state index in [4.69, 9.17) is 4.98 Å². The number of rotatable bonds is 7. The summed E-state index contributed by atoms with van der Waals surface area (Å²) in [7, 11) is 0. The maximum Gasteiger partial charge on any atom is 0.254 e. The zero-order chi connectivity index (χ0) is 23.8. The Balaban J connectivity index is 1.41. The van der Waals surface area contributed by atoms with Crippen LogP contribution in [0, 0.1) is 5.82 Å². The zero-order valence-corrected chi connectivity index (χ0v) is 18.6. The summed E-state index contributed by atoms with van der Waals surface area (Å²) in [5, 5.41) is 13.0. The van der Waals surface area contributed by atoms with Gasteiger partial charge in [0.25, 0.3) is 5.91 Å². The van der Waals surface area contributed by atoms with E-state index in [2.05, 4.69) is 30.8 Å². The fourth-order valence-electron chi connectivity index (χ4n) is 3.89. The zero-order valence-electron chi connectivity index (χ0n) is 18.6. The molecular weight excluding hydrogens is 447 g/mol. The van der Waals surface area contributed by atoms with Gasteiger partial charge in [0.2, 0.25) is 0 Å². The Bertz CT molecular complexity index is 1510. The van der Waals surface area contributed by atoms with Crippen molar-refractivity contribution >= 4 is 17.4 Å². The molecule has 1 fully saturated rings. The second-order valence-electron chi connectivity index (χ2n) is 8.43. The minimum atomic E-state index is -0.573. The number of H-pyrrole nitrogens is 1. The van der Waals surface area contributed by atoms with E-state index < -0.39 is 5.82 Å². The van der Waals surface area contributed by atoms with Gasteiger partial charge < -0.3 is 10.6 Å². The van der Waals surface area contributed by atoms with Gasteiger partial charge in [-0.1, -0.05) is 6.07 Å². The van der Waals surface area contributed by atoms with Gasteiger partial charge in [0, 0.05) is 42.0 Å². The van der Waals surface area contributed by atoms with Crippen molar-refractivity contribution in [2.75, 3.05) is 5.32 Å². The molecule has 1 aromatic carbocycles. The fraction of sp³-hybridized carbons (Fsp3) is 0.160. The molecule has 4 aromatic heterocycles. The van der Waals surface area contributed by atoms with Gasteiger partial charge in [-0.25, -0.2) is 14.4 Å². The number of nitrogens with one attached hydrogen (secondary N) is 3. The normalized spacial score (nSPS) is 13.2. The molecule has 1 aliphatic rings. The minimum Gasteiger partial charge on any atom is -0.361 e. The molecule has 0 atom stereocenters. The van der Waals surface area contributed by atoms with E-state index in [0.717, 1.165) is 24.1 Å². The van der Waals surface area contributed by atoms with Crippen molar-refractivity contribution in [3.63, 3.8) is 0 Å². The number of hydrogen-bond acceptors (Lipinski definition) is 6. The molecule has 4 heterocycles. The average Bonchev–Trinajstić information content (AvgIpc) is 3.35. The van der Waals surface area contributed by atoms with Crippen LogP contribution in [0.4, 0.5) is 10.2 Å². The average molecular weight is 468 g/mol. The summed E-state index contributed by atoms with van der Waals surface area (Å²) in [5.74, 6) is -0.387. The molecule has 0 unspecified atom stereocenters. The third-order valence-corrected chi connectivity index (χ3v) is 5.90. The number of amides is 1. The van der Waals surface area contributed by atoms with Crippen LogP contribution in [0.3, 0.4) is 0 Å². The van der Waals surface area contributed by atoms with Crippen LogP contribution in [0.15, 0.2) is 67.4 Å². The number of aromatic amines is 1. The number of anilines is 1. The molecule has 0 bridgehead atoms. The van der Waals surface area contributed by atoms with Gasteiger partial charge in [-0.05, 0) is 43.2 Å². The summed E-state index contributed by atoms with van der Waals surface area (Å²) in [6.45, 7) is 0.476. The molecule has 9 nitrogen and oxygen atoms in total. The van der Waals surface area contributed by atoms with Gasteiger partial charge >= 0.3 is 0 Å². The first-order valence-electron chi connectivity index (χ1n) is 11.3. The number of halogens is 1. The van der Waals surface area contributed by atoms with E-state index in [1.807, 2.05) is 28.8 Å². The van der Waals surface area contributed by atoms with Crippen molar-refractivity contribution in [3.8, 4) is 22.5 Å². The van der Waals surface area contributed by atoms with E-state index in [0.29, 0.717) is 35.0 Å². The molecule has 5 aromatic rings. The van der Waals surface area contributed by atoms with Crippen molar-refractivity contribution in [1.29, 1.82) is 0 Å². The van der Waals surface area contributed by atoms with Crippen molar-refractivity contribution in [3.05, 3.63) is 84.5 Å². The highest BCUT2D eigenvalue weighted by Gasteiger charge is 2.25. The van der Waals surface area contributed by atoms with Crippen molar-refractivity contribution in [2.45, 2.75) is 25.4 Å². The van der Waals surface area contributed by atoms with E-state index >= 15 is 0 Å². The van der Waals surface area contributed by atoms with Crippen molar-refractivity contribution < 1.29 is 9.18 Å². The van der Waals surface area contributed by atoms with Crippen LogP contribution in [0.1, 0.15) is 28.9 Å². The van der Waals surface area contributed by atoms with E-state index in [9.17, 15) is 9.18 Å². The third-order valence-electron chi connectivity index (χ3n) is 5.90. The van der Waals surface area contributed by atoms with Crippen LogP contribution in [-0.2, 0) is 6.54 Å². The number of nitrogens with zero attached hydrogens (tertiary/aromatic N) is 5. The second-order valence-corrected chi connectivity index (χ2v) is 8.43. The number of carbonyl (C=O) groups is 1. The Hall–Kier alpha value is -4.60. The lowest BCUT2D eigenvalue weighted by Crippen LogP contribution is -2.26. The summed E-state index contributed by atoms with van der Waals surface area (Å²) in [4.78, 5) is 25.8. The number of pyridine rings is 1. The maximum atomic E-state index is 14.9. The molecule has 1 aliphatic carbocycles. The van der Waals surface area contributed by atoms with Crippen LogP contribution in [0.25, 0.3) is 28.2 Å². The first-order valence-corrected chi connectivity index (χ1v) is 11.3. The summed E-state index contributed by atoms with van der Waals surface area (Å²) < 4.78 is 16.8. The van der Waals surface area contributed by atoms with Crippen molar-refractivity contribution in [1.82, 2.24) is 34.9 Å². The molecule has 0 radical (unpaired) electrons. The van der Waals surface area contributed by atoms with Gasteiger partial charge in [0.15, 0.2) is 11.5 Å². The predicted molar refractivity (Wildman–Crippen MR) is 128 cm³/mol. The lowest BCUT2D eigenvalue weighted by Gasteiger charge is -2.11. The van der Waals surface area contributed by atoms with Crippen LogP contribution in [-0.4, -0.2) is 41.5 Å². The lowest BCUT2D eigenvalue weighted by molar-refractivity contribution is 0.0947. The van der Waals surface area contributed by atoms with Crippen molar-refractivity contribution in [2.24, 2.45) is 0 Å². The summed E-state index contributed by atoms with van der Waals surface area (Å²) >= 11 is 0. The quantitative estimate of drug-likeness (QED) is 0.335. The summed E-state index contributed by atoms with van der Waals surface area (Å²) in [6.07, 6.45) is 10.5. The lowest BCUT2D eigenvalue weighted by atomic mass is 10.1. The molecule has 10 heteroatoms. The van der Waals surface area contributed by atoms with Crippen LogP contribution in [0.5, 0.6) is 0 Å².